The minimum atomic E-state index is -1.68. The van der Waals surface area contributed by atoms with Crippen molar-refractivity contribution in [2.75, 3.05) is 7.11 Å². The maximum Gasteiger partial charge on any atom is 0.308 e. The highest BCUT2D eigenvalue weighted by molar-refractivity contribution is 5.70. The van der Waals surface area contributed by atoms with Gasteiger partial charge in [-0.1, -0.05) is 12.1 Å². The van der Waals surface area contributed by atoms with E-state index in [2.05, 4.69) is 18.2 Å². The van der Waals surface area contributed by atoms with Crippen molar-refractivity contribution in [1.82, 2.24) is 0 Å². The molecule has 2 aliphatic rings. The molecule has 0 unspecified atom stereocenters. The molecule has 0 fully saturated rings. The molecule has 2 aliphatic carbocycles. The van der Waals surface area contributed by atoms with Gasteiger partial charge < -0.3 is 15.2 Å². The normalized spacial score (nSPS) is 22.2. The van der Waals surface area contributed by atoms with E-state index in [-0.39, 0.29) is 22.9 Å². The van der Waals surface area contributed by atoms with Crippen LogP contribution in [-0.4, -0.2) is 13.1 Å². The van der Waals surface area contributed by atoms with Crippen molar-refractivity contribution in [2.45, 2.75) is 32.1 Å². The quantitative estimate of drug-likeness (QED) is 0.621. The van der Waals surface area contributed by atoms with Crippen molar-refractivity contribution in [3.8, 4) is 29.7 Å². The summed E-state index contributed by atoms with van der Waals surface area (Å²) >= 11 is 0. The first-order valence-corrected chi connectivity index (χ1v) is 9.23. The lowest BCUT2D eigenvalue weighted by Crippen LogP contribution is -2.42. The van der Waals surface area contributed by atoms with Crippen molar-refractivity contribution >= 4 is 5.97 Å². The number of nitrogens with two attached hydrogens (primary N) is 1. The fourth-order valence-electron chi connectivity index (χ4n) is 4.37. The van der Waals surface area contributed by atoms with Crippen LogP contribution in [0.15, 0.2) is 41.1 Å². The van der Waals surface area contributed by atoms with E-state index in [0.29, 0.717) is 11.3 Å². The minimum absolute atomic E-state index is 0.0116. The highest BCUT2D eigenvalue weighted by Gasteiger charge is 2.53. The fraction of sp³-hybridized carbons (Fsp3) is 0.364. The summed E-state index contributed by atoms with van der Waals surface area (Å²) in [7, 11) is 1.45. The Kier molecular flexibility index (Phi) is 5.31. The summed E-state index contributed by atoms with van der Waals surface area (Å²) in [6.45, 7) is 1.29. The number of nitrogens with zero attached hydrogens (tertiary/aromatic N) is 3. The molecule has 3 rings (SSSR count). The van der Waals surface area contributed by atoms with Crippen LogP contribution in [0.3, 0.4) is 0 Å². The molecule has 1 aromatic carbocycles. The van der Waals surface area contributed by atoms with Crippen LogP contribution >= 0.6 is 0 Å². The third-order valence-electron chi connectivity index (χ3n) is 5.60. The van der Waals surface area contributed by atoms with Gasteiger partial charge in [-0.05, 0) is 48.4 Å². The molecule has 2 N–H and O–H groups in total. The van der Waals surface area contributed by atoms with Gasteiger partial charge in [-0.3, -0.25) is 4.79 Å². The molecule has 2 atom stereocenters. The zero-order valence-corrected chi connectivity index (χ0v) is 16.2. The number of benzene rings is 1. The molecular weight excluding hydrogens is 368 g/mol. The highest BCUT2D eigenvalue weighted by Crippen LogP contribution is 2.56. The van der Waals surface area contributed by atoms with Gasteiger partial charge in [0, 0.05) is 12.8 Å². The van der Waals surface area contributed by atoms with Gasteiger partial charge in [-0.25, -0.2) is 0 Å². The molecule has 0 saturated carbocycles. The smallest absolute Gasteiger partial charge is 0.308 e. The number of methoxy groups -OCH3 is 1. The molecular formula is C22H20N4O3. The minimum Gasteiger partial charge on any atom is -0.493 e. The summed E-state index contributed by atoms with van der Waals surface area (Å²) in [6, 6.07) is 11.3. The van der Waals surface area contributed by atoms with Crippen molar-refractivity contribution in [3.63, 3.8) is 0 Å². The molecule has 0 heterocycles. The van der Waals surface area contributed by atoms with Crippen molar-refractivity contribution in [3.05, 3.63) is 46.7 Å². The van der Waals surface area contributed by atoms with Gasteiger partial charge in [0.25, 0.3) is 0 Å². The van der Waals surface area contributed by atoms with E-state index in [1.165, 1.54) is 14.0 Å². The van der Waals surface area contributed by atoms with Crippen molar-refractivity contribution in [1.29, 1.82) is 15.8 Å². The molecule has 0 aliphatic heterocycles. The van der Waals surface area contributed by atoms with Crippen LogP contribution in [0.1, 0.15) is 37.7 Å². The van der Waals surface area contributed by atoms with Crippen LogP contribution in [0.25, 0.3) is 0 Å². The van der Waals surface area contributed by atoms with Gasteiger partial charge in [0.15, 0.2) is 16.9 Å². The number of ether oxygens (including phenoxy) is 2. The van der Waals surface area contributed by atoms with Gasteiger partial charge >= 0.3 is 5.97 Å². The first kappa shape index (κ1) is 20.0. The van der Waals surface area contributed by atoms with E-state index in [0.717, 1.165) is 24.8 Å². The molecule has 29 heavy (non-hydrogen) atoms. The highest BCUT2D eigenvalue weighted by atomic mass is 16.6. The Balaban J connectivity index is 2.26. The van der Waals surface area contributed by atoms with E-state index in [1.54, 1.807) is 18.2 Å². The van der Waals surface area contributed by atoms with Crippen LogP contribution in [0.4, 0.5) is 0 Å². The van der Waals surface area contributed by atoms with E-state index in [9.17, 15) is 20.6 Å². The van der Waals surface area contributed by atoms with E-state index in [1.807, 2.05) is 6.08 Å². The first-order chi connectivity index (χ1) is 13.9. The molecule has 0 amide bonds. The standard InChI is InChI=1S/C22H20N4O3/c1-13(27)29-18-8-7-14(9-19(18)28-2)20-16-6-4-3-5-15(16)17(10-23)21(26)22(20,11-24)12-25/h5,7-9,16,20H,3-4,6,26H2,1-2H3/t16-,20-/m0/s1. The monoisotopic (exact) mass is 388 g/mol. The fourth-order valence-corrected chi connectivity index (χ4v) is 4.37. The molecule has 0 saturated heterocycles. The third-order valence-corrected chi connectivity index (χ3v) is 5.60. The van der Waals surface area contributed by atoms with Gasteiger partial charge in [0.05, 0.1) is 30.5 Å². The summed E-state index contributed by atoms with van der Waals surface area (Å²) in [4.78, 5) is 11.3. The molecule has 0 aromatic heterocycles. The number of hydrogen-bond donors (Lipinski definition) is 1. The molecule has 7 heteroatoms. The van der Waals surface area contributed by atoms with Crippen LogP contribution < -0.4 is 15.2 Å². The Labute approximate surface area is 169 Å². The zero-order valence-electron chi connectivity index (χ0n) is 16.2. The lowest BCUT2D eigenvalue weighted by atomic mass is 9.57. The molecule has 1 aromatic rings. The van der Waals surface area contributed by atoms with E-state index in [4.69, 9.17) is 15.2 Å². The predicted molar refractivity (Wildman–Crippen MR) is 103 cm³/mol. The number of fused-ring (bicyclic) bond motifs is 1. The first-order valence-electron chi connectivity index (χ1n) is 9.23. The van der Waals surface area contributed by atoms with Crippen LogP contribution in [0.2, 0.25) is 0 Å². The molecule has 0 bridgehead atoms. The van der Waals surface area contributed by atoms with E-state index < -0.39 is 17.3 Å². The summed E-state index contributed by atoms with van der Waals surface area (Å²) in [5.41, 5.74) is 6.26. The second-order valence-electron chi connectivity index (χ2n) is 7.11. The number of allylic oxidation sites excluding steroid dienone is 4. The Hall–Kier alpha value is -3.76. The second kappa shape index (κ2) is 7.70. The van der Waals surface area contributed by atoms with Crippen LogP contribution in [0, 0.1) is 45.3 Å². The Bertz CT molecular complexity index is 1040. The maximum absolute atomic E-state index is 11.3. The predicted octanol–water partition coefficient (Wildman–Crippen LogP) is 3.21. The average Bonchev–Trinajstić information content (AvgIpc) is 2.73. The maximum atomic E-state index is 11.3. The largest absolute Gasteiger partial charge is 0.493 e. The van der Waals surface area contributed by atoms with Crippen LogP contribution in [-0.2, 0) is 4.79 Å². The summed E-state index contributed by atoms with van der Waals surface area (Å²) in [5, 5.41) is 29.7. The average molecular weight is 388 g/mol. The number of hydrogen-bond acceptors (Lipinski definition) is 7. The zero-order chi connectivity index (χ0) is 21.2. The van der Waals surface area contributed by atoms with Gasteiger partial charge in [0.2, 0.25) is 0 Å². The lowest BCUT2D eigenvalue weighted by molar-refractivity contribution is -0.132. The van der Waals surface area contributed by atoms with Gasteiger partial charge in [-0.2, -0.15) is 15.8 Å². The lowest BCUT2D eigenvalue weighted by Gasteiger charge is -2.43. The van der Waals surface area contributed by atoms with Gasteiger partial charge in [-0.15, -0.1) is 0 Å². The summed E-state index contributed by atoms with van der Waals surface area (Å²) in [6.07, 6.45) is 4.42. The Morgan fingerprint density at radius 3 is 2.55 bits per heavy atom. The molecule has 7 nitrogen and oxygen atoms in total. The van der Waals surface area contributed by atoms with Crippen LogP contribution in [0.5, 0.6) is 11.5 Å². The number of carbonyl (C=O) groups is 1. The molecule has 0 radical (unpaired) electrons. The summed E-state index contributed by atoms with van der Waals surface area (Å²) < 4.78 is 10.5. The SMILES string of the molecule is COc1cc([C@H]2[C@H]3CCCC=C3C(C#N)=C(N)C2(C#N)C#N)ccc1OC(C)=O. The number of nitriles is 3. The third kappa shape index (κ3) is 3.10. The topological polar surface area (TPSA) is 133 Å². The van der Waals surface area contributed by atoms with E-state index >= 15 is 0 Å². The number of rotatable bonds is 3. The van der Waals surface area contributed by atoms with Crippen molar-refractivity contribution in [2.24, 2.45) is 17.1 Å². The van der Waals surface area contributed by atoms with Crippen molar-refractivity contribution < 1.29 is 14.3 Å². The molecule has 0 spiro atoms. The molecule has 146 valence electrons. The Morgan fingerprint density at radius 2 is 1.97 bits per heavy atom. The number of carbonyl (C=O) groups excluding carboxylic acids is 1. The second-order valence-corrected chi connectivity index (χ2v) is 7.11. The Morgan fingerprint density at radius 1 is 1.24 bits per heavy atom. The summed E-state index contributed by atoms with van der Waals surface area (Å²) in [5.74, 6) is -0.701. The number of esters is 1. The van der Waals surface area contributed by atoms with Gasteiger partial charge in [0.1, 0.15) is 6.07 Å².